The SMILES string of the molecule is Cc1cc(Br)cc(C)c1OC(C)C(=O)N1CCNC(=O)C1CC(=O)OCc1ccccc1. The fraction of sp³-hybridized carbons (Fsp3) is 0.375. The number of amides is 2. The predicted octanol–water partition coefficient (Wildman–Crippen LogP) is 3.29. The minimum Gasteiger partial charge on any atom is -0.480 e. The van der Waals surface area contributed by atoms with Crippen molar-refractivity contribution in [3.05, 3.63) is 63.6 Å². The molecule has 3 rings (SSSR count). The van der Waals surface area contributed by atoms with Crippen LogP contribution < -0.4 is 10.1 Å². The predicted molar refractivity (Wildman–Crippen MR) is 123 cm³/mol. The summed E-state index contributed by atoms with van der Waals surface area (Å²) in [5, 5.41) is 2.72. The Kier molecular flexibility index (Phi) is 7.90. The summed E-state index contributed by atoms with van der Waals surface area (Å²) in [6.45, 7) is 6.20. The van der Waals surface area contributed by atoms with Gasteiger partial charge in [-0.1, -0.05) is 46.3 Å². The zero-order valence-corrected chi connectivity index (χ0v) is 20.0. The number of nitrogens with one attached hydrogen (secondary N) is 1. The van der Waals surface area contributed by atoms with Crippen molar-refractivity contribution in [1.29, 1.82) is 0 Å². The van der Waals surface area contributed by atoms with Crippen molar-refractivity contribution in [3.63, 3.8) is 0 Å². The summed E-state index contributed by atoms with van der Waals surface area (Å²) in [4.78, 5) is 39.5. The molecule has 1 aliphatic heterocycles. The molecule has 2 aromatic rings. The van der Waals surface area contributed by atoms with E-state index in [2.05, 4.69) is 21.2 Å². The molecule has 2 aromatic carbocycles. The highest BCUT2D eigenvalue weighted by Crippen LogP contribution is 2.28. The number of hydrogen-bond donors (Lipinski definition) is 1. The van der Waals surface area contributed by atoms with E-state index in [4.69, 9.17) is 9.47 Å². The van der Waals surface area contributed by atoms with E-state index < -0.39 is 18.1 Å². The maximum atomic E-state index is 13.2. The number of ether oxygens (including phenoxy) is 2. The molecule has 1 fully saturated rings. The Balaban J connectivity index is 1.66. The lowest BCUT2D eigenvalue weighted by Gasteiger charge is -2.36. The minimum absolute atomic E-state index is 0.115. The summed E-state index contributed by atoms with van der Waals surface area (Å²) in [6.07, 6.45) is -1.03. The van der Waals surface area contributed by atoms with Gasteiger partial charge in [0.2, 0.25) is 5.91 Å². The summed E-state index contributed by atoms with van der Waals surface area (Å²) in [7, 11) is 0. The summed E-state index contributed by atoms with van der Waals surface area (Å²) >= 11 is 3.45. The molecule has 1 aliphatic rings. The van der Waals surface area contributed by atoms with Crippen LogP contribution >= 0.6 is 15.9 Å². The first-order chi connectivity index (χ1) is 15.3. The van der Waals surface area contributed by atoms with E-state index in [0.717, 1.165) is 21.2 Å². The molecule has 170 valence electrons. The molecule has 0 spiro atoms. The molecule has 0 aromatic heterocycles. The standard InChI is InChI=1S/C24H27BrN2O5/c1-15-11-19(25)12-16(2)22(15)32-17(3)24(30)27-10-9-26-23(29)20(27)13-21(28)31-14-18-7-5-4-6-8-18/h4-8,11-12,17,20H,9-10,13-14H2,1-3H3,(H,26,29). The van der Waals surface area contributed by atoms with Crippen LogP contribution in [-0.4, -0.2) is 47.9 Å². The molecular weight excluding hydrogens is 476 g/mol. The number of rotatable bonds is 7. The zero-order chi connectivity index (χ0) is 23.3. The largest absolute Gasteiger partial charge is 0.480 e. The Morgan fingerprint density at radius 1 is 1.19 bits per heavy atom. The van der Waals surface area contributed by atoms with Crippen molar-refractivity contribution in [2.24, 2.45) is 0 Å². The highest BCUT2D eigenvalue weighted by molar-refractivity contribution is 9.10. The van der Waals surface area contributed by atoms with E-state index in [0.29, 0.717) is 18.8 Å². The average Bonchev–Trinajstić information content (AvgIpc) is 2.76. The Hall–Kier alpha value is -2.87. The van der Waals surface area contributed by atoms with Gasteiger partial charge >= 0.3 is 5.97 Å². The number of halogens is 1. The molecule has 0 saturated carbocycles. The Bertz CT molecular complexity index is 972. The fourth-order valence-corrected chi connectivity index (χ4v) is 4.37. The minimum atomic E-state index is -0.933. The van der Waals surface area contributed by atoms with Crippen LogP contribution in [0.1, 0.15) is 30.0 Å². The Morgan fingerprint density at radius 2 is 1.84 bits per heavy atom. The molecule has 2 unspecified atom stereocenters. The second-order valence-electron chi connectivity index (χ2n) is 7.82. The van der Waals surface area contributed by atoms with Crippen molar-refractivity contribution in [3.8, 4) is 5.75 Å². The van der Waals surface area contributed by atoms with Crippen LogP contribution in [0.2, 0.25) is 0 Å². The van der Waals surface area contributed by atoms with Gasteiger partial charge in [0, 0.05) is 17.6 Å². The molecule has 8 heteroatoms. The third-order valence-electron chi connectivity index (χ3n) is 5.28. The van der Waals surface area contributed by atoms with Gasteiger partial charge in [-0.25, -0.2) is 0 Å². The summed E-state index contributed by atoms with van der Waals surface area (Å²) in [6, 6.07) is 12.2. The Morgan fingerprint density at radius 3 is 2.50 bits per heavy atom. The van der Waals surface area contributed by atoms with Crippen LogP contribution in [0, 0.1) is 13.8 Å². The van der Waals surface area contributed by atoms with E-state index in [1.54, 1.807) is 6.92 Å². The summed E-state index contributed by atoms with van der Waals surface area (Å²) in [5.41, 5.74) is 2.65. The molecule has 1 saturated heterocycles. The smallest absolute Gasteiger partial charge is 0.308 e. The van der Waals surface area contributed by atoms with Gasteiger partial charge in [-0.2, -0.15) is 0 Å². The molecule has 2 atom stereocenters. The van der Waals surface area contributed by atoms with Crippen LogP contribution in [0.3, 0.4) is 0 Å². The van der Waals surface area contributed by atoms with E-state index in [9.17, 15) is 14.4 Å². The number of aryl methyl sites for hydroxylation is 2. The number of carbonyl (C=O) groups is 3. The molecular formula is C24H27BrN2O5. The Labute approximate surface area is 196 Å². The van der Waals surface area contributed by atoms with Crippen LogP contribution in [-0.2, 0) is 25.7 Å². The first-order valence-electron chi connectivity index (χ1n) is 10.5. The van der Waals surface area contributed by atoms with Gasteiger partial charge in [0.05, 0.1) is 6.42 Å². The molecule has 7 nitrogen and oxygen atoms in total. The lowest BCUT2D eigenvalue weighted by molar-refractivity contribution is -0.154. The number of nitrogens with zero attached hydrogens (tertiary/aromatic N) is 1. The van der Waals surface area contributed by atoms with Gasteiger partial charge in [0.25, 0.3) is 5.91 Å². The number of hydrogen-bond acceptors (Lipinski definition) is 5. The third-order valence-corrected chi connectivity index (χ3v) is 5.74. The van der Waals surface area contributed by atoms with Gasteiger partial charge < -0.3 is 19.7 Å². The topological polar surface area (TPSA) is 84.9 Å². The summed E-state index contributed by atoms with van der Waals surface area (Å²) in [5.74, 6) is -0.622. The van der Waals surface area contributed by atoms with E-state index >= 15 is 0 Å². The van der Waals surface area contributed by atoms with Gasteiger partial charge in [0.1, 0.15) is 18.4 Å². The first kappa shape index (κ1) is 23.8. The first-order valence-corrected chi connectivity index (χ1v) is 11.3. The number of carbonyl (C=O) groups excluding carboxylic acids is 3. The van der Waals surface area contributed by atoms with Crippen molar-refractivity contribution < 1.29 is 23.9 Å². The molecule has 2 amide bonds. The lowest BCUT2D eigenvalue weighted by Crippen LogP contribution is -2.60. The zero-order valence-electron chi connectivity index (χ0n) is 18.4. The number of esters is 1. The van der Waals surface area contributed by atoms with Crippen molar-refractivity contribution in [1.82, 2.24) is 10.2 Å². The maximum Gasteiger partial charge on any atom is 0.308 e. The van der Waals surface area contributed by atoms with Gasteiger partial charge in [-0.05, 0) is 49.6 Å². The van der Waals surface area contributed by atoms with E-state index in [-0.39, 0.29) is 24.8 Å². The molecule has 0 aliphatic carbocycles. The second kappa shape index (κ2) is 10.6. The quantitative estimate of drug-likeness (QED) is 0.587. The second-order valence-corrected chi connectivity index (χ2v) is 8.73. The van der Waals surface area contributed by atoms with Gasteiger partial charge in [-0.3, -0.25) is 14.4 Å². The highest BCUT2D eigenvalue weighted by atomic mass is 79.9. The lowest BCUT2D eigenvalue weighted by atomic mass is 10.1. The van der Waals surface area contributed by atoms with Gasteiger partial charge in [0.15, 0.2) is 6.10 Å². The molecule has 1 N–H and O–H groups in total. The van der Waals surface area contributed by atoms with E-state index in [1.807, 2.05) is 56.3 Å². The average molecular weight is 503 g/mol. The van der Waals surface area contributed by atoms with Crippen LogP contribution in [0.4, 0.5) is 0 Å². The fourth-order valence-electron chi connectivity index (χ4n) is 3.68. The van der Waals surface area contributed by atoms with Crippen molar-refractivity contribution >= 4 is 33.7 Å². The third kappa shape index (κ3) is 5.88. The maximum absolute atomic E-state index is 13.2. The van der Waals surface area contributed by atoms with Crippen LogP contribution in [0.15, 0.2) is 46.9 Å². The monoisotopic (exact) mass is 502 g/mol. The normalized spacial score (nSPS) is 16.8. The van der Waals surface area contributed by atoms with E-state index in [1.165, 1.54) is 4.90 Å². The number of benzene rings is 2. The van der Waals surface area contributed by atoms with Crippen molar-refractivity contribution in [2.45, 2.75) is 45.9 Å². The van der Waals surface area contributed by atoms with Crippen molar-refractivity contribution in [2.75, 3.05) is 13.1 Å². The van der Waals surface area contributed by atoms with Crippen LogP contribution in [0.25, 0.3) is 0 Å². The van der Waals surface area contributed by atoms with Crippen LogP contribution in [0.5, 0.6) is 5.75 Å². The molecule has 0 radical (unpaired) electrons. The molecule has 32 heavy (non-hydrogen) atoms. The molecule has 0 bridgehead atoms. The highest BCUT2D eigenvalue weighted by Gasteiger charge is 2.37. The summed E-state index contributed by atoms with van der Waals surface area (Å²) < 4.78 is 12.2. The molecule has 1 heterocycles. The number of piperazine rings is 1. The van der Waals surface area contributed by atoms with Gasteiger partial charge in [-0.15, -0.1) is 0 Å².